The highest BCUT2D eigenvalue weighted by molar-refractivity contribution is 8.93. The molecule has 0 fully saturated rings. The molecule has 3 aromatic rings. The Bertz CT molecular complexity index is 848. The van der Waals surface area contributed by atoms with Crippen molar-refractivity contribution in [2.75, 3.05) is 0 Å². The molecule has 0 aliphatic carbocycles. The lowest BCUT2D eigenvalue weighted by Crippen LogP contribution is -2.11. The quantitative estimate of drug-likeness (QED) is 0.613. The van der Waals surface area contributed by atoms with Gasteiger partial charge in [-0.15, -0.1) is 17.0 Å². The van der Waals surface area contributed by atoms with E-state index >= 15 is 0 Å². The summed E-state index contributed by atoms with van der Waals surface area (Å²) < 4.78 is 0. The standard InChI is InChI=1S/C16H12N2O3.BrH/c19-13-7-6-11(8-14(13)20)12-9-17-15(18-16(12)21)10-4-2-1-3-5-10;/h1-9,19-20H,(H,17,18,21);1H. The summed E-state index contributed by atoms with van der Waals surface area (Å²) in [6.07, 6.45) is 1.45. The molecule has 5 nitrogen and oxygen atoms in total. The predicted molar refractivity (Wildman–Crippen MR) is 89.4 cm³/mol. The molecule has 1 heterocycles. The van der Waals surface area contributed by atoms with Gasteiger partial charge in [-0.05, 0) is 17.7 Å². The molecule has 3 rings (SSSR count). The lowest BCUT2D eigenvalue weighted by molar-refractivity contribution is 0.404. The van der Waals surface area contributed by atoms with Gasteiger partial charge in [0.05, 0.1) is 5.56 Å². The fourth-order valence-electron chi connectivity index (χ4n) is 2.03. The molecule has 112 valence electrons. The fraction of sp³-hybridized carbons (Fsp3) is 0. The Labute approximate surface area is 136 Å². The summed E-state index contributed by atoms with van der Waals surface area (Å²) in [6.45, 7) is 0. The van der Waals surface area contributed by atoms with Crippen LogP contribution < -0.4 is 5.56 Å². The van der Waals surface area contributed by atoms with Gasteiger partial charge in [0.15, 0.2) is 11.5 Å². The van der Waals surface area contributed by atoms with Gasteiger partial charge in [0.1, 0.15) is 5.82 Å². The van der Waals surface area contributed by atoms with Gasteiger partial charge in [0.2, 0.25) is 0 Å². The molecule has 0 bridgehead atoms. The average molecular weight is 361 g/mol. The highest BCUT2D eigenvalue weighted by atomic mass is 79.9. The Kier molecular flexibility index (Phi) is 4.62. The van der Waals surface area contributed by atoms with Crippen LogP contribution in [0.25, 0.3) is 22.5 Å². The molecule has 0 saturated carbocycles. The minimum Gasteiger partial charge on any atom is -0.504 e. The topological polar surface area (TPSA) is 86.2 Å². The molecular formula is C16H13BrN2O3. The van der Waals surface area contributed by atoms with Gasteiger partial charge in [-0.1, -0.05) is 36.4 Å². The van der Waals surface area contributed by atoms with Gasteiger partial charge in [-0.2, -0.15) is 0 Å². The molecule has 0 atom stereocenters. The van der Waals surface area contributed by atoms with Crippen molar-refractivity contribution in [1.29, 1.82) is 0 Å². The highest BCUT2D eigenvalue weighted by Crippen LogP contribution is 2.29. The van der Waals surface area contributed by atoms with Crippen molar-refractivity contribution >= 4 is 17.0 Å². The first kappa shape index (κ1) is 15.8. The molecular weight excluding hydrogens is 348 g/mol. The molecule has 3 N–H and O–H groups in total. The number of aromatic hydroxyl groups is 2. The van der Waals surface area contributed by atoms with Crippen LogP contribution in [-0.4, -0.2) is 20.2 Å². The van der Waals surface area contributed by atoms with Gasteiger partial charge >= 0.3 is 0 Å². The van der Waals surface area contributed by atoms with Crippen LogP contribution in [0, 0.1) is 0 Å². The lowest BCUT2D eigenvalue weighted by Gasteiger charge is -2.05. The van der Waals surface area contributed by atoms with Gasteiger partial charge in [-0.3, -0.25) is 4.79 Å². The first-order valence-corrected chi connectivity index (χ1v) is 6.32. The largest absolute Gasteiger partial charge is 0.504 e. The van der Waals surface area contributed by atoms with Crippen LogP contribution in [-0.2, 0) is 0 Å². The number of rotatable bonds is 2. The smallest absolute Gasteiger partial charge is 0.259 e. The fourth-order valence-corrected chi connectivity index (χ4v) is 2.03. The van der Waals surface area contributed by atoms with E-state index in [9.17, 15) is 15.0 Å². The second-order valence-electron chi connectivity index (χ2n) is 4.54. The zero-order chi connectivity index (χ0) is 14.8. The molecule has 0 aliphatic heterocycles. The van der Waals surface area contributed by atoms with E-state index in [1.165, 1.54) is 18.3 Å². The second-order valence-corrected chi connectivity index (χ2v) is 4.54. The highest BCUT2D eigenvalue weighted by Gasteiger charge is 2.09. The van der Waals surface area contributed by atoms with Crippen LogP contribution in [0.4, 0.5) is 0 Å². The number of aromatic nitrogens is 2. The van der Waals surface area contributed by atoms with E-state index in [0.717, 1.165) is 5.56 Å². The van der Waals surface area contributed by atoms with Crippen LogP contribution in [0.2, 0.25) is 0 Å². The maximum absolute atomic E-state index is 12.2. The van der Waals surface area contributed by atoms with Crippen molar-refractivity contribution in [2.45, 2.75) is 0 Å². The van der Waals surface area contributed by atoms with Crippen LogP contribution in [0.15, 0.2) is 59.5 Å². The monoisotopic (exact) mass is 360 g/mol. The van der Waals surface area contributed by atoms with E-state index in [4.69, 9.17) is 0 Å². The maximum atomic E-state index is 12.2. The van der Waals surface area contributed by atoms with Crippen molar-refractivity contribution in [3.8, 4) is 34.0 Å². The molecule has 0 aliphatic rings. The summed E-state index contributed by atoms with van der Waals surface area (Å²) in [7, 11) is 0. The van der Waals surface area contributed by atoms with Crippen LogP contribution >= 0.6 is 17.0 Å². The molecule has 22 heavy (non-hydrogen) atoms. The molecule has 0 spiro atoms. The lowest BCUT2D eigenvalue weighted by atomic mass is 10.1. The number of phenolic OH excluding ortho intramolecular Hbond substituents is 2. The van der Waals surface area contributed by atoms with Crippen molar-refractivity contribution < 1.29 is 10.2 Å². The molecule has 0 amide bonds. The third kappa shape index (κ3) is 3.01. The summed E-state index contributed by atoms with van der Waals surface area (Å²) in [5.74, 6) is -0.0320. The van der Waals surface area contributed by atoms with E-state index in [1.54, 1.807) is 6.07 Å². The number of phenols is 2. The number of aromatic amines is 1. The molecule has 6 heteroatoms. The first-order chi connectivity index (χ1) is 10.1. The van der Waals surface area contributed by atoms with Gasteiger partial charge in [0.25, 0.3) is 5.56 Å². The normalized spacial score (nSPS) is 10.0. The minimum absolute atomic E-state index is 0. The SMILES string of the molecule is Br.O=c1[nH]c(-c2ccccc2)ncc1-c1ccc(O)c(O)c1. The summed E-state index contributed by atoms with van der Waals surface area (Å²) in [6, 6.07) is 13.5. The number of nitrogens with one attached hydrogen (secondary N) is 1. The minimum atomic E-state index is -0.311. The number of H-pyrrole nitrogens is 1. The van der Waals surface area contributed by atoms with Crippen molar-refractivity contribution in [1.82, 2.24) is 9.97 Å². The van der Waals surface area contributed by atoms with E-state index in [-0.39, 0.29) is 34.0 Å². The Balaban J connectivity index is 0.00000176. The van der Waals surface area contributed by atoms with E-state index in [1.807, 2.05) is 30.3 Å². The van der Waals surface area contributed by atoms with Crippen molar-refractivity contribution in [3.63, 3.8) is 0 Å². The third-order valence-corrected chi connectivity index (χ3v) is 3.13. The van der Waals surface area contributed by atoms with Crippen LogP contribution in [0.5, 0.6) is 11.5 Å². The predicted octanol–water partition coefficient (Wildman–Crippen LogP) is 3.09. The van der Waals surface area contributed by atoms with E-state index in [2.05, 4.69) is 9.97 Å². The Hall–Kier alpha value is -2.60. The number of hydrogen-bond acceptors (Lipinski definition) is 4. The number of nitrogens with zero attached hydrogens (tertiary/aromatic N) is 1. The Morgan fingerprint density at radius 1 is 0.909 bits per heavy atom. The van der Waals surface area contributed by atoms with E-state index < -0.39 is 0 Å². The number of benzene rings is 2. The summed E-state index contributed by atoms with van der Waals surface area (Å²) >= 11 is 0. The second kappa shape index (κ2) is 6.44. The molecule has 1 aromatic heterocycles. The number of halogens is 1. The molecule has 0 radical (unpaired) electrons. The zero-order valence-electron chi connectivity index (χ0n) is 11.4. The zero-order valence-corrected chi connectivity index (χ0v) is 13.1. The molecule has 0 saturated heterocycles. The van der Waals surface area contributed by atoms with Gasteiger partial charge in [-0.25, -0.2) is 4.98 Å². The molecule has 2 aromatic carbocycles. The van der Waals surface area contributed by atoms with Crippen LogP contribution in [0.1, 0.15) is 0 Å². The van der Waals surface area contributed by atoms with Crippen LogP contribution in [0.3, 0.4) is 0 Å². The average Bonchev–Trinajstić information content (AvgIpc) is 2.51. The van der Waals surface area contributed by atoms with Gasteiger partial charge in [0, 0.05) is 11.8 Å². The maximum Gasteiger partial charge on any atom is 0.259 e. The van der Waals surface area contributed by atoms with Crippen molar-refractivity contribution in [2.24, 2.45) is 0 Å². The summed E-state index contributed by atoms with van der Waals surface area (Å²) in [5, 5.41) is 18.8. The Morgan fingerprint density at radius 3 is 2.27 bits per heavy atom. The third-order valence-electron chi connectivity index (χ3n) is 3.13. The van der Waals surface area contributed by atoms with Gasteiger partial charge < -0.3 is 15.2 Å². The summed E-state index contributed by atoms with van der Waals surface area (Å²) in [5.41, 5.74) is 1.31. The Morgan fingerprint density at radius 2 is 1.64 bits per heavy atom. The number of hydrogen-bond donors (Lipinski definition) is 3. The van der Waals surface area contributed by atoms with E-state index in [0.29, 0.717) is 17.0 Å². The molecule has 0 unspecified atom stereocenters. The summed E-state index contributed by atoms with van der Waals surface area (Å²) in [4.78, 5) is 19.1. The first-order valence-electron chi connectivity index (χ1n) is 6.32. The van der Waals surface area contributed by atoms with Crippen molar-refractivity contribution in [3.05, 3.63) is 65.1 Å².